The average Bonchev–Trinajstić information content (AvgIpc) is 2.55. The Hall–Kier alpha value is -1.72. The topological polar surface area (TPSA) is 86.7 Å². The molecule has 0 rings (SSSR count). The summed E-state index contributed by atoms with van der Waals surface area (Å²) in [5, 5.41) is 0. The van der Waals surface area contributed by atoms with Crippen molar-refractivity contribution < 1.29 is 28.7 Å². The Morgan fingerprint density at radius 1 is 0.615 bits per heavy atom. The first-order valence-corrected chi connectivity index (χ1v) is 9.08. The van der Waals surface area contributed by atoms with Crippen LogP contribution in [0.5, 0.6) is 0 Å². The van der Waals surface area contributed by atoms with E-state index in [0.717, 1.165) is 0 Å². The summed E-state index contributed by atoms with van der Waals surface area (Å²) < 4.78 is 9.32. The van der Waals surface area contributed by atoms with E-state index in [1.54, 1.807) is 0 Å². The van der Waals surface area contributed by atoms with Crippen LogP contribution in [0.3, 0.4) is 0 Å². The average molecular weight is 370 g/mol. The van der Waals surface area contributed by atoms with E-state index in [1.807, 2.05) is 27.7 Å². The summed E-state index contributed by atoms with van der Waals surface area (Å²) in [6.07, 6.45) is 2.86. The van der Waals surface area contributed by atoms with Crippen LogP contribution in [0.25, 0.3) is 0 Å². The molecule has 0 N–H and O–H groups in total. The standard InChI is InChI=1S/C20H34O6/c1-19(2,13-17(23)25-5)11-9-15(21)7-8-16(22)10-12-20(3,4)14-18(24)26-6/h7-14H2,1-6H3. The van der Waals surface area contributed by atoms with Crippen LogP contribution in [0.4, 0.5) is 0 Å². The van der Waals surface area contributed by atoms with Gasteiger partial charge in [-0.1, -0.05) is 27.7 Å². The van der Waals surface area contributed by atoms with Crippen LogP contribution >= 0.6 is 0 Å². The Morgan fingerprint density at radius 2 is 0.923 bits per heavy atom. The van der Waals surface area contributed by atoms with E-state index in [-0.39, 0.29) is 60.0 Å². The van der Waals surface area contributed by atoms with Crippen LogP contribution < -0.4 is 0 Å². The Balaban J connectivity index is 4.14. The van der Waals surface area contributed by atoms with Gasteiger partial charge >= 0.3 is 11.9 Å². The van der Waals surface area contributed by atoms with E-state index < -0.39 is 0 Å². The van der Waals surface area contributed by atoms with Gasteiger partial charge in [-0.15, -0.1) is 0 Å². The molecule has 0 bridgehead atoms. The van der Waals surface area contributed by atoms with Gasteiger partial charge < -0.3 is 9.47 Å². The number of rotatable bonds is 13. The van der Waals surface area contributed by atoms with Gasteiger partial charge in [0.2, 0.25) is 0 Å². The van der Waals surface area contributed by atoms with Crippen LogP contribution in [0.1, 0.15) is 79.1 Å². The Kier molecular flexibility index (Phi) is 10.4. The number of hydrogen-bond acceptors (Lipinski definition) is 6. The number of carbonyl (C=O) groups is 4. The van der Waals surface area contributed by atoms with Gasteiger partial charge in [-0.3, -0.25) is 19.2 Å². The SMILES string of the molecule is COC(=O)CC(C)(C)CCC(=O)CCC(=O)CCC(C)(C)CC(=O)OC. The van der Waals surface area contributed by atoms with Gasteiger partial charge in [-0.25, -0.2) is 0 Å². The number of Topliss-reactive ketones (excluding diaryl/α,β-unsaturated/α-hetero) is 2. The molecule has 0 aliphatic carbocycles. The Labute approximate surface area is 157 Å². The highest BCUT2D eigenvalue weighted by Gasteiger charge is 2.25. The summed E-state index contributed by atoms with van der Waals surface area (Å²) in [6, 6.07) is 0. The second-order valence-electron chi connectivity index (χ2n) is 8.41. The molecule has 0 aromatic rings. The quantitative estimate of drug-likeness (QED) is 0.460. The molecule has 26 heavy (non-hydrogen) atoms. The molecule has 0 radical (unpaired) electrons. The van der Waals surface area contributed by atoms with Crippen molar-refractivity contribution in [3.05, 3.63) is 0 Å². The third-order valence-electron chi connectivity index (χ3n) is 4.55. The molecule has 0 aromatic heterocycles. The van der Waals surface area contributed by atoms with Gasteiger partial charge in [0, 0.05) is 25.7 Å². The maximum absolute atomic E-state index is 12.0. The van der Waals surface area contributed by atoms with Gasteiger partial charge in [0.15, 0.2) is 0 Å². The highest BCUT2D eigenvalue weighted by Crippen LogP contribution is 2.29. The lowest BCUT2D eigenvalue weighted by Crippen LogP contribution is -2.20. The van der Waals surface area contributed by atoms with Gasteiger partial charge in [0.1, 0.15) is 11.6 Å². The largest absolute Gasteiger partial charge is 0.469 e. The maximum Gasteiger partial charge on any atom is 0.306 e. The van der Waals surface area contributed by atoms with Crippen LogP contribution in [0.2, 0.25) is 0 Å². The third kappa shape index (κ3) is 11.8. The molecular weight excluding hydrogens is 336 g/mol. The van der Waals surface area contributed by atoms with E-state index in [0.29, 0.717) is 25.7 Å². The number of ketones is 2. The molecule has 0 saturated heterocycles. The fraction of sp³-hybridized carbons (Fsp3) is 0.800. The van der Waals surface area contributed by atoms with Gasteiger partial charge in [0.05, 0.1) is 27.1 Å². The minimum absolute atomic E-state index is 0.0325. The number of esters is 2. The van der Waals surface area contributed by atoms with Gasteiger partial charge in [0.25, 0.3) is 0 Å². The van der Waals surface area contributed by atoms with Crippen LogP contribution in [0, 0.1) is 10.8 Å². The second-order valence-corrected chi connectivity index (χ2v) is 8.41. The molecule has 0 fully saturated rings. The van der Waals surface area contributed by atoms with E-state index in [4.69, 9.17) is 0 Å². The summed E-state index contributed by atoms with van der Waals surface area (Å²) in [4.78, 5) is 46.7. The molecule has 0 spiro atoms. The van der Waals surface area contributed by atoms with Crippen LogP contribution in [0.15, 0.2) is 0 Å². The minimum Gasteiger partial charge on any atom is -0.469 e. The van der Waals surface area contributed by atoms with Crippen LogP contribution in [-0.2, 0) is 28.7 Å². The van der Waals surface area contributed by atoms with Crippen molar-refractivity contribution in [1.29, 1.82) is 0 Å². The van der Waals surface area contributed by atoms with E-state index in [2.05, 4.69) is 9.47 Å². The van der Waals surface area contributed by atoms with Crippen molar-refractivity contribution >= 4 is 23.5 Å². The van der Waals surface area contributed by atoms with Crippen molar-refractivity contribution in [3.8, 4) is 0 Å². The Bertz CT molecular complexity index is 458. The first-order valence-electron chi connectivity index (χ1n) is 9.08. The predicted octanol–water partition coefficient (Wildman–Crippen LogP) is 3.64. The molecule has 0 aliphatic heterocycles. The zero-order chi connectivity index (χ0) is 20.4. The molecule has 0 saturated carbocycles. The summed E-state index contributed by atoms with van der Waals surface area (Å²) >= 11 is 0. The lowest BCUT2D eigenvalue weighted by molar-refractivity contribution is -0.144. The van der Waals surface area contributed by atoms with Crippen molar-refractivity contribution in [2.75, 3.05) is 14.2 Å². The monoisotopic (exact) mass is 370 g/mol. The molecule has 0 heterocycles. The lowest BCUT2D eigenvalue weighted by atomic mass is 9.82. The number of ether oxygens (including phenoxy) is 2. The minimum atomic E-state index is -0.301. The third-order valence-corrected chi connectivity index (χ3v) is 4.55. The molecular formula is C20H34O6. The first kappa shape index (κ1) is 24.3. The highest BCUT2D eigenvalue weighted by molar-refractivity contribution is 5.86. The smallest absolute Gasteiger partial charge is 0.306 e. The summed E-state index contributed by atoms with van der Waals surface area (Å²) in [7, 11) is 2.70. The molecule has 0 amide bonds. The number of methoxy groups -OCH3 is 2. The molecule has 0 unspecified atom stereocenters. The second kappa shape index (κ2) is 11.1. The van der Waals surface area contributed by atoms with Gasteiger partial charge in [-0.2, -0.15) is 0 Å². The summed E-state index contributed by atoms with van der Waals surface area (Å²) in [5.41, 5.74) is -0.602. The molecule has 6 nitrogen and oxygen atoms in total. The van der Waals surface area contributed by atoms with Crippen molar-refractivity contribution in [2.24, 2.45) is 10.8 Å². The van der Waals surface area contributed by atoms with E-state index >= 15 is 0 Å². The Morgan fingerprint density at radius 3 is 1.19 bits per heavy atom. The fourth-order valence-corrected chi connectivity index (χ4v) is 2.59. The molecule has 0 aromatic carbocycles. The summed E-state index contributed by atoms with van der Waals surface area (Å²) in [5.74, 6) is -0.505. The normalized spacial score (nSPS) is 11.8. The highest BCUT2D eigenvalue weighted by atomic mass is 16.5. The maximum atomic E-state index is 12.0. The number of hydrogen-bond donors (Lipinski definition) is 0. The van der Waals surface area contributed by atoms with Gasteiger partial charge in [-0.05, 0) is 23.7 Å². The zero-order valence-electron chi connectivity index (χ0n) is 17.1. The molecule has 6 heteroatoms. The van der Waals surface area contributed by atoms with Crippen molar-refractivity contribution in [3.63, 3.8) is 0 Å². The molecule has 0 atom stereocenters. The van der Waals surface area contributed by atoms with Crippen molar-refractivity contribution in [2.45, 2.75) is 79.1 Å². The van der Waals surface area contributed by atoms with Crippen molar-refractivity contribution in [1.82, 2.24) is 0 Å². The summed E-state index contributed by atoms with van der Waals surface area (Å²) in [6.45, 7) is 7.69. The van der Waals surface area contributed by atoms with Crippen LogP contribution in [-0.4, -0.2) is 37.7 Å². The number of carbonyl (C=O) groups excluding carboxylic acids is 4. The molecule has 150 valence electrons. The molecule has 0 aliphatic rings. The predicted molar refractivity (Wildman–Crippen MR) is 98.5 cm³/mol. The van der Waals surface area contributed by atoms with E-state index in [1.165, 1.54) is 14.2 Å². The van der Waals surface area contributed by atoms with E-state index in [9.17, 15) is 19.2 Å². The zero-order valence-corrected chi connectivity index (χ0v) is 17.1. The lowest BCUT2D eigenvalue weighted by Gasteiger charge is -2.23. The fourth-order valence-electron chi connectivity index (χ4n) is 2.59. The first-order chi connectivity index (χ1) is 11.9.